The lowest BCUT2D eigenvalue weighted by molar-refractivity contribution is -0.130. The van der Waals surface area contributed by atoms with Gasteiger partial charge in [-0.3, -0.25) is 9.59 Å². The van der Waals surface area contributed by atoms with E-state index in [1.807, 2.05) is 13.0 Å². The maximum atomic E-state index is 12.1. The molecular formula is C16H22N2O3. The average Bonchev–Trinajstić information content (AvgIpc) is 3.28. The molecule has 0 spiro atoms. The molecule has 0 aliphatic heterocycles. The Balaban J connectivity index is 1.85. The highest BCUT2D eigenvalue weighted by Gasteiger charge is 2.27. The minimum atomic E-state index is -1.24. The third-order valence-electron chi connectivity index (χ3n) is 3.64. The van der Waals surface area contributed by atoms with Crippen LogP contribution in [-0.2, 0) is 4.79 Å². The fourth-order valence-electron chi connectivity index (χ4n) is 2.05. The van der Waals surface area contributed by atoms with E-state index in [9.17, 15) is 14.7 Å². The van der Waals surface area contributed by atoms with Crippen molar-refractivity contribution in [3.63, 3.8) is 0 Å². The molecule has 3 N–H and O–H groups in total. The molecule has 2 rings (SSSR count). The number of carbonyl (C=O) groups is 2. The van der Waals surface area contributed by atoms with Crippen LogP contribution in [0.1, 0.15) is 35.7 Å². The van der Waals surface area contributed by atoms with Gasteiger partial charge in [0, 0.05) is 12.1 Å². The predicted octanol–water partition coefficient (Wildman–Crippen LogP) is 1.00. The minimum absolute atomic E-state index is 0.291. The van der Waals surface area contributed by atoms with E-state index < -0.39 is 18.1 Å². The Morgan fingerprint density at radius 3 is 2.71 bits per heavy atom. The molecule has 114 valence electrons. The van der Waals surface area contributed by atoms with Gasteiger partial charge in [0.2, 0.25) is 0 Å². The molecule has 1 aliphatic rings. The maximum absolute atomic E-state index is 12.1. The molecule has 2 atom stereocenters. The van der Waals surface area contributed by atoms with Gasteiger partial charge in [0.15, 0.2) is 6.10 Å². The number of hydrogen-bond acceptors (Lipinski definition) is 3. The number of amides is 2. The summed E-state index contributed by atoms with van der Waals surface area (Å²) in [5.41, 5.74) is 1.51. The van der Waals surface area contributed by atoms with Crippen LogP contribution in [0.15, 0.2) is 24.3 Å². The lowest BCUT2D eigenvalue weighted by atomic mass is 10.1. The van der Waals surface area contributed by atoms with Crippen molar-refractivity contribution in [2.45, 2.75) is 38.8 Å². The van der Waals surface area contributed by atoms with E-state index in [0.717, 1.165) is 18.4 Å². The summed E-state index contributed by atoms with van der Waals surface area (Å²) in [4.78, 5) is 23.8. The number of benzene rings is 1. The third-order valence-corrected chi connectivity index (χ3v) is 3.64. The first kappa shape index (κ1) is 15.5. The molecule has 1 aliphatic carbocycles. The second kappa shape index (κ2) is 6.72. The number of carbonyl (C=O) groups excluding carboxylic acids is 2. The van der Waals surface area contributed by atoms with Crippen molar-refractivity contribution >= 4 is 11.8 Å². The van der Waals surface area contributed by atoms with Crippen LogP contribution in [0, 0.1) is 12.8 Å². The zero-order valence-electron chi connectivity index (χ0n) is 12.4. The molecule has 1 saturated carbocycles. The van der Waals surface area contributed by atoms with Crippen LogP contribution in [0.5, 0.6) is 0 Å². The summed E-state index contributed by atoms with van der Waals surface area (Å²) in [5.74, 6) is -0.169. The van der Waals surface area contributed by atoms with E-state index >= 15 is 0 Å². The molecule has 1 aromatic carbocycles. The number of aryl methyl sites for hydroxylation is 1. The number of rotatable bonds is 6. The Labute approximate surface area is 124 Å². The van der Waals surface area contributed by atoms with Crippen molar-refractivity contribution in [2.24, 2.45) is 5.92 Å². The molecule has 2 amide bonds. The SMILES string of the molecule is Cc1cccc(C(=O)NC(C)C(O)C(=O)NCC2CC2)c1. The highest BCUT2D eigenvalue weighted by molar-refractivity contribution is 5.95. The molecule has 1 aromatic rings. The van der Waals surface area contributed by atoms with E-state index in [1.54, 1.807) is 25.1 Å². The summed E-state index contributed by atoms with van der Waals surface area (Å²) in [6.45, 7) is 4.13. The second-order valence-corrected chi connectivity index (χ2v) is 5.76. The molecule has 0 saturated heterocycles. The molecule has 0 bridgehead atoms. The van der Waals surface area contributed by atoms with Crippen LogP contribution in [-0.4, -0.2) is 35.6 Å². The van der Waals surface area contributed by atoms with Gasteiger partial charge in [-0.05, 0) is 44.7 Å². The van der Waals surface area contributed by atoms with Gasteiger partial charge in [-0.25, -0.2) is 0 Å². The average molecular weight is 290 g/mol. The van der Waals surface area contributed by atoms with Crippen LogP contribution in [0.4, 0.5) is 0 Å². The summed E-state index contributed by atoms with van der Waals surface area (Å²) in [7, 11) is 0. The summed E-state index contributed by atoms with van der Waals surface area (Å²) < 4.78 is 0. The molecule has 0 aromatic heterocycles. The van der Waals surface area contributed by atoms with Gasteiger partial charge in [0.1, 0.15) is 0 Å². The molecule has 0 heterocycles. The van der Waals surface area contributed by atoms with E-state index in [-0.39, 0.29) is 5.91 Å². The number of aliphatic hydroxyl groups excluding tert-OH is 1. The predicted molar refractivity (Wildman–Crippen MR) is 79.8 cm³/mol. The van der Waals surface area contributed by atoms with E-state index in [2.05, 4.69) is 10.6 Å². The van der Waals surface area contributed by atoms with Crippen molar-refractivity contribution in [1.82, 2.24) is 10.6 Å². The monoisotopic (exact) mass is 290 g/mol. The zero-order valence-corrected chi connectivity index (χ0v) is 12.4. The Kier molecular flexibility index (Phi) is 4.96. The topological polar surface area (TPSA) is 78.4 Å². The molecule has 5 nitrogen and oxygen atoms in total. The van der Waals surface area contributed by atoms with Crippen LogP contribution < -0.4 is 10.6 Å². The van der Waals surface area contributed by atoms with E-state index in [1.165, 1.54) is 0 Å². The summed E-state index contributed by atoms with van der Waals surface area (Å²) >= 11 is 0. The molecule has 0 radical (unpaired) electrons. The number of hydrogen-bond donors (Lipinski definition) is 3. The fraction of sp³-hybridized carbons (Fsp3) is 0.500. The van der Waals surface area contributed by atoms with Gasteiger partial charge in [0.05, 0.1) is 6.04 Å². The highest BCUT2D eigenvalue weighted by Crippen LogP contribution is 2.27. The molecule has 5 heteroatoms. The largest absolute Gasteiger partial charge is 0.381 e. The van der Waals surface area contributed by atoms with E-state index in [4.69, 9.17) is 0 Å². The minimum Gasteiger partial charge on any atom is -0.381 e. The van der Waals surface area contributed by atoms with Crippen molar-refractivity contribution in [3.05, 3.63) is 35.4 Å². The Hall–Kier alpha value is -1.88. The first-order chi connectivity index (χ1) is 9.97. The Bertz CT molecular complexity index is 526. The summed E-state index contributed by atoms with van der Waals surface area (Å²) in [5, 5.41) is 15.3. The van der Waals surface area contributed by atoms with Gasteiger partial charge < -0.3 is 15.7 Å². The fourth-order valence-corrected chi connectivity index (χ4v) is 2.05. The summed E-state index contributed by atoms with van der Waals surface area (Å²) in [6, 6.07) is 6.53. The third kappa shape index (κ3) is 4.56. The van der Waals surface area contributed by atoms with Crippen LogP contribution in [0.2, 0.25) is 0 Å². The number of aliphatic hydroxyl groups is 1. The van der Waals surface area contributed by atoms with E-state index in [0.29, 0.717) is 18.0 Å². The van der Waals surface area contributed by atoms with Crippen LogP contribution in [0.3, 0.4) is 0 Å². The first-order valence-electron chi connectivity index (χ1n) is 7.30. The second-order valence-electron chi connectivity index (χ2n) is 5.76. The molecule has 1 fully saturated rings. The summed E-state index contributed by atoms with van der Waals surface area (Å²) in [6.07, 6.45) is 1.03. The number of nitrogens with one attached hydrogen (secondary N) is 2. The highest BCUT2D eigenvalue weighted by atomic mass is 16.3. The standard InChI is InChI=1S/C16H22N2O3/c1-10-4-3-5-13(8-10)15(20)18-11(2)14(19)16(21)17-9-12-6-7-12/h3-5,8,11-12,14,19H,6-7,9H2,1-2H3,(H,17,21)(H,18,20). The quantitative estimate of drug-likeness (QED) is 0.731. The van der Waals surface area contributed by atoms with Gasteiger partial charge >= 0.3 is 0 Å². The van der Waals surface area contributed by atoms with Gasteiger partial charge in [-0.15, -0.1) is 0 Å². The smallest absolute Gasteiger partial charge is 0.251 e. The normalized spacial score (nSPS) is 16.9. The van der Waals surface area contributed by atoms with Crippen LogP contribution in [0.25, 0.3) is 0 Å². The molecule has 2 unspecified atom stereocenters. The first-order valence-corrected chi connectivity index (χ1v) is 7.30. The van der Waals surface area contributed by atoms with Gasteiger partial charge in [0.25, 0.3) is 11.8 Å². The van der Waals surface area contributed by atoms with Gasteiger partial charge in [-0.2, -0.15) is 0 Å². The lowest BCUT2D eigenvalue weighted by Crippen LogP contribution is -2.49. The zero-order chi connectivity index (χ0) is 15.4. The Morgan fingerprint density at radius 2 is 2.10 bits per heavy atom. The maximum Gasteiger partial charge on any atom is 0.251 e. The van der Waals surface area contributed by atoms with Crippen LogP contribution >= 0.6 is 0 Å². The lowest BCUT2D eigenvalue weighted by Gasteiger charge is -2.20. The van der Waals surface area contributed by atoms with Crippen molar-refractivity contribution < 1.29 is 14.7 Å². The molecule has 21 heavy (non-hydrogen) atoms. The van der Waals surface area contributed by atoms with Crippen molar-refractivity contribution in [2.75, 3.05) is 6.54 Å². The van der Waals surface area contributed by atoms with Crippen molar-refractivity contribution in [3.8, 4) is 0 Å². The van der Waals surface area contributed by atoms with Gasteiger partial charge in [-0.1, -0.05) is 17.7 Å². The molecular weight excluding hydrogens is 268 g/mol. The van der Waals surface area contributed by atoms with Crippen molar-refractivity contribution in [1.29, 1.82) is 0 Å². The Morgan fingerprint density at radius 1 is 1.38 bits per heavy atom.